The number of benzene rings is 2. The summed E-state index contributed by atoms with van der Waals surface area (Å²) in [6.07, 6.45) is 1.08. The number of thioether (sulfide) groups is 2. The molecule has 0 radical (unpaired) electrons. The van der Waals surface area contributed by atoms with E-state index < -0.39 is 0 Å². The summed E-state index contributed by atoms with van der Waals surface area (Å²) in [4.78, 5) is 36.4. The van der Waals surface area contributed by atoms with Gasteiger partial charge in [0.15, 0.2) is 5.16 Å². The highest BCUT2D eigenvalue weighted by molar-refractivity contribution is 8.00. The lowest BCUT2D eigenvalue weighted by atomic mass is 10.2. The summed E-state index contributed by atoms with van der Waals surface area (Å²) in [6, 6.07) is 17.4. The fourth-order valence-corrected chi connectivity index (χ4v) is 5.71. The Kier molecular flexibility index (Phi) is 6.86. The highest BCUT2D eigenvalue weighted by atomic mass is 32.2. The van der Waals surface area contributed by atoms with Gasteiger partial charge in [-0.15, -0.1) is 0 Å². The van der Waals surface area contributed by atoms with E-state index >= 15 is 0 Å². The van der Waals surface area contributed by atoms with Gasteiger partial charge in [0.05, 0.1) is 22.8 Å². The number of hydrogen-bond acceptors (Lipinski definition) is 6. The molecule has 1 amide bonds. The summed E-state index contributed by atoms with van der Waals surface area (Å²) in [6.45, 7) is 2.13. The normalized spacial score (nSPS) is 12.4. The lowest BCUT2D eigenvalue weighted by Crippen LogP contribution is -2.30. The van der Waals surface area contributed by atoms with Crippen LogP contribution in [0.1, 0.15) is 19.0 Å². The topological polar surface area (TPSA) is 66.1 Å². The number of anilines is 2. The fourth-order valence-electron chi connectivity index (χ4n) is 3.11. The molecule has 1 aliphatic heterocycles. The van der Waals surface area contributed by atoms with Crippen molar-refractivity contribution in [1.82, 2.24) is 9.97 Å². The van der Waals surface area contributed by atoms with Crippen molar-refractivity contribution in [3.8, 4) is 0 Å². The Labute approximate surface area is 188 Å². The number of carbonyl (C=O) groups excluding carboxylic acids is 1. The molecule has 1 aromatic heterocycles. The first kappa shape index (κ1) is 21.1. The van der Waals surface area contributed by atoms with E-state index in [4.69, 9.17) is 0 Å². The average Bonchev–Trinajstić information content (AvgIpc) is 2.75. The molecule has 0 fully saturated rings. The number of fused-ring (bicyclic) bond motifs is 2. The van der Waals surface area contributed by atoms with Crippen molar-refractivity contribution in [3.63, 3.8) is 0 Å². The van der Waals surface area contributed by atoms with Crippen LogP contribution in [0, 0.1) is 0 Å². The van der Waals surface area contributed by atoms with Crippen molar-refractivity contribution in [1.29, 1.82) is 0 Å². The van der Waals surface area contributed by atoms with Crippen LogP contribution in [0.3, 0.4) is 0 Å². The van der Waals surface area contributed by atoms with Gasteiger partial charge in [0, 0.05) is 21.6 Å². The van der Waals surface area contributed by atoms with Gasteiger partial charge in [-0.2, -0.15) is 11.8 Å². The third kappa shape index (κ3) is 4.77. The predicted octanol–water partition coefficient (Wildman–Crippen LogP) is 5.33. The van der Waals surface area contributed by atoms with Crippen LogP contribution in [-0.2, 0) is 10.5 Å². The minimum Gasteiger partial charge on any atom is -0.301 e. The van der Waals surface area contributed by atoms with Crippen molar-refractivity contribution in [2.24, 2.45) is 0 Å². The maximum absolute atomic E-state index is 13.2. The van der Waals surface area contributed by atoms with Gasteiger partial charge in [-0.25, -0.2) is 4.98 Å². The van der Waals surface area contributed by atoms with Crippen molar-refractivity contribution >= 4 is 52.6 Å². The number of rotatable bonds is 7. The zero-order valence-electron chi connectivity index (χ0n) is 16.5. The number of aromatic nitrogens is 2. The zero-order chi connectivity index (χ0) is 20.9. The third-order valence-electron chi connectivity index (χ3n) is 4.39. The van der Waals surface area contributed by atoms with Crippen molar-refractivity contribution < 1.29 is 4.79 Å². The summed E-state index contributed by atoms with van der Waals surface area (Å²) < 4.78 is 0. The SMILES string of the molecule is CCCSCc1cc(=O)[nH]c(SCC(=O)N2c3ccccc3Sc3ccccc32)n1. The van der Waals surface area contributed by atoms with Crippen LogP contribution in [0.5, 0.6) is 0 Å². The lowest BCUT2D eigenvalue weighted by molar-refractivity contribution is -0.115. The number of hydrogen-bond donors (Lipinski definition) is 1. The van der Waals surface area contributed by atoms with E-state index in [1.54, 1.807) is 28.4 Å². The summed E-state index contributed by atoms with van der Waals surface area (Å²) >= 11 is 4.69. The maximum atomic E-state index is 13.2. The number of aromatic amines is 1. The monoisotopic (exact) mass is 455 g/mol. The third-order valence-corrected chi connectivity index (χ3v) is 7.57. The molecule has 0 saturated carbocycles. The summed E-state index contributed by atoms with van der Waals surface area (Å²) in [7, 11) is 0. The zero-order valence-corrected chi connectivity index (χ0v) is 18.9. The summed E-state index contributed by atoms with van der Waals surface area (Å²) in [5, 5.41) is 0.482. The minimum atomic E-state index is -0.183. The molecule has 3 aromatic rings. The first-order valence-electron chi connectivity index (χ1n) is 9.65. The van der Waals surface area contributed by atoms with Gasteiger partial charge in [0.25, 0.3) is 5.56 Å². The largest absolute Gasteiger partial charge is 0.301 e. The highest BCUT2D eigenvalue weighted by Gasteiger charge is 2.27. The van der Waals surface area contributed by atoms with E-state index in [2.05, 4.69) is 16.9 Å². The van der Waals surface area contributed by atoms with Crippen LogP contribution >= 0.6 is 35.3 Å². The van der Waals surface area contributed by atoms with Crippen molar-refractivity contribution in [2.75, 3.05) is 16.4 Å². The van der Waals surface area contributed by atoms with Crippen LogP contribution in [0.4, 0.5) is 11.4 Å². The highest BCUT2D eigenvalue weighted by Crippen LogP contribution is 2.48. The predicted molar refractivity (Wildman–Crippen MR) is 126 cm³/mol. The standard InChI is InChI=1S/C22H21N3O2S3/c1-2-11-28-13-15-12-20(26)24-22(23-15)29-14-21(27)25-16-7-3-5-9-18(16)30-19-10-6-4-8-17(19)25/h3-10,12H,2,11,13-14H2,1H3,(H,23,24,26). The van der Waals surface area contributed by atoms with Gasteiger partial charge in [0.2, 0.25) is 5.91 Å². The molecule has 0 atom stereocenters. The second kappa shape index (κ2) is 9.76. The Bertz CT molecular complexity index is 1070. The number of carbonyl (C=O) groups is 1. The molecular weight excluding hydrogens is 434 g/mol. The van der Waals surface area contributed by atoms with Gasteiger partial charge >= 0.3 is 0 Å². The lowest BCUT2D eigenvalue weighted by Gasteiger charge is -2.30. The molecule has 1 aliphatic rings. The molecule has 0 bridgehead atoms. The Hall–Kier alpha value is -2.16. The molecule has 0 saturated heterocycles. The van der Waals surface area contributed by atoms with Crippen LogP contribution in [0.2, 0.25) is 0 Å². The second-order valence-electron chi connectivity index (χ2n) is 6.65. The molecule has 0 spiro atoms. The molecule has 8 heteroatoms. The molecule has 4 rings (SSSR count). The van der Waals surface area contributed by atoms with Gasteiger partial charge in [-0.3, -0.25) is 14.5 Å². The van der Waals surface area contributed by atoms with Gasteiger partial charge in [0.1, 0.15) is 0 Å². The van der Waals surface area contributed by atoms with E-state index in [1.807, 2.05) is 48.5 Å². The van der Waals surface area contributed by atoms with Gasteiger partial charge < -0.3 is 4.98 Å². The number of amides is 1. The van der Waals surface area contributed by atoms with Crippen LogP contribution in [-0.4, -0.2) is 27.4 Å². The molecule has 2 aromatic carbocycles. The molecule has 1 N–H and O–H groups in total. The van der Waals surface area contributed by atoms with E-state index in [0.29, 0.717) is 10.9 Å². The van der Waals surface area contributed by atoms with Crippen LogP contribution < -0.4 is 10.5 Å². The summed E-state index contributed by atoms with van der Waals surface area (Å²) in [5.74, 6) is 1.86. The first-order chi connectivity index (χ1) is 14.7. The van der Waals surface area contributed by atoms with E-state index in [0.717, 1.165) is 39.0 Å². The van der Waals surface area contributed by atoms with Crippen LogP contribution in [0.25, 0.3) is 0 Å². The van der Waals surface area contributed by atoms with Gasteiger partial charge in [-0.05, 0) is 36.4 Å². The fraction of sp³-hybridized carbons (Fsp3) is 0.227. The number of para-hydroxylation sites is 2. The minimum absolute atomic E-state index is 0.0476. The maximum Gasteiger partial charge on any atom is 0.251 e. The van der Waals surface area contributed by atoms with E-state index in [-0.39, 0.29) is 17.2 Å². The number of H-pyrrole nitrogens is 1. The molecule has 2 heterocycles. The molecule has 5 nitrogen and oxygen atoms in total. The van der Waals surface area contributed by atoms with Gasteiger partial charge in [-0.1, -0.05) is 54.7 Å². The van der Waals surface area contributed by atoms with Crippen LogP contribution in [0.15, 0.2) is 74.3 Å². The Balaban J connectivity index is 1.53. The Morgan fingerprint density at radius 1 is 1.10 bits per heavy atom. The van der Waals surface area contributed by atoms with E-state index in [1.165, 1.54) is 17.8 Å². The van der Waals surface area contributed by atoms with Crippen molar-refractivity contribution in [3.05, 3.63) is 70.6 Å². The van der Waals surface area contributed by atoms with Crippen molar-refractivity contribution in [2.45, 2.75) is 34.0 Å². The Morgan fingerprint density at radius 3 is 2.43 bits per heavy atom. The molecule has 30 heavy (non-hydrogen) atoms. The molecule has 154 valence electrons. The second-order valence-corrected chi connectivity index (χ2v) is 9.80. The molecule has 0 unspecified atom stereocenters. The summed E-state index contributed by atoms with van der Waals surface area (Å²) in [5.41, 5.74) is 2.34. The quantitative estimate of drug-likeness (QED) is 0.295. The first-order valence-corrected chi connectivity index (χ1v) is 12.6. The molecular formula is C22H21N3O2S3. The molecule has 0 aliphatic carbocycles. The smallest absolute Gasteiger partial charge is 0.251 e. The average molecular weight is 456 g/mol. The number of nitrogens with zero attached hydrogens (tertiary/aromatic N) is 2. The Morgan fingerprint density at radius 2 is 1.77 bits per heavy atom. The number of nitrogens with one attached hydrogen (secondary N) is 1. The van der Waals surface area contributed by atoms with E-state index in [9.17, 15) is 9.59 Å².